The molecule has 7 nitrogen and oxygen atoms in total. The fraction of sp³-hybridized carbons (Fsp3) is 0.556. The summed E-state index contributed by atoms with van der Waals surface area (Å²) in [6, 6.07) is 3.29. The minimum atomic E-state index is -0.135. The van der Waals surface area contributed by atoms with E-state index in [1.807, 2.05) is 4.90 Å². The van der Waals surface area contributed by atoms with Crippen LogP contribution in [0.15, 0.2) is 35.6 Å². The van der Waals surface area contributed by atoms with Crippen molar-refractivity contribution in [2.45, 2.75) is 51.1 Å². The summed E-state index contributed by atoms with van der Waals surface area (Å²) in [4.78, 5) is 31.0. The third-order valence-corrected chi connectivity index (χ3v) is 5.37. The van der Waals surface area contributed by atoms with Gasteiger partial charge in [0.05, 0.1) is 12.6 Å². The molecule has 25 heavy (non-hydrogen) atoms. The van der Waals surface area contributed by atoms with Gasteiger partial charge in [-0.3, -0.25) is 14.2 Å². The smallest absolute Gasteiger partial charge is 0.266 e. The van der Waals surface area contributed by atoms with E-state index in [1.54, 1.807) is 29.4 Å². The van der Waals surface area contributed by atoms with Gasteiger partial charge in [0, 0.05) is 30.9 Å². The van der Waals surface area contributed by atoms with E-state index in [9.17, 15) is 9.59 Å². The number of imidazole rings is 1. The lowest BCUT2D eigenvalue weighted by Crippen LogP contribution is -2.43. The number of aromatic nitrogens is 4. The van der Waals surface area contributed by atoms with Crippen LogP contribution in [0.2, 0.25) is 0 Å². The van der Waals surface area contributed by atoms with Crippen LogP contribution in [-0.2, 0) is 11.3 Å². The van der Waals surface area contributed by atoms with Gasteiger partial charge in [0.15, 0.2) is 5.82 Å². The second-order valence-electron chi connectivity index (χ2n) is 6.99. The fourth-order valence-corrected chi connectivity index (χ4v) is 4.02. The minimum absolute atomic E-state index is 0.0661. The molecule has 132 valence electrons. The van der Waals surface area contributed by atoms with Gasteiger partial charge >= 0.3 is 0 Å². The average Bonchev–Trinajstić information content (AvgIpc) is 3.38. The molecule has 1 unspecified atom stereocenters. The highest BCUT2D eigenvalue weighted by Gasteiger charge is 2.34. The molecule has 7 heteroatoms. The second-order valence-corrected chi connectivity index (χ2v) is 6.99. The Morgan fingerprint density at radius 2 is 2.00 bits per heavy atom. The summed E-state index contributed by atoms with van der Waals surface area (Å²) in [5.74, 6) is 1.12. The fourth-order valence-electron chi connectivity index (χ4n) is 4.02. The van der Waals surface area contributed by atoms with Crippen LogP contribution in [0, 0.1) is 5.92 Å². The first-order valence-electron chi connectivity index (χ1n) is 9.09. The molecule has 3 heterocycles. The van der Waals surface area contributed by atoms with E-state index in [0.717, 1.165) is 45.1 Å². The Morgan fingerprint density at radius 3 is 2.76 bits per heavy atom. The van der Waals surface area contributed by atoms with Crippen molar-refractivity contribution >= 4 is 5.91 Å². The molecule has 4 rings (SSSR count). The van der Waals surface area contributed by atoms with E-state index < -0.39 is 0 Å². The van der Waals surface area contributed by atoms with E-state index in [4.69, 9.17) is 0 Å². The van der Waals surface area contributed by atoms with Crippen LogP contribution in [-0.4, -0.2) is 42.7 Å². The molecular formula is C18H23N5O2. The van der Waals surface area contributed by atoms with E-state index in [-0.39, 0.29) is 23.4 Å². The van der Waals surface area contributed by atoms with Crippen molar-refractivity contribution in [1.29, 1.82) is 0 Å². The predicted molar refractivity (Wildman–Crippen MR) is 92.3 cm³/mol. The molecule has 0 N–H and O–H groups in total. The molecule has 2 aromatic heterocycles. The summed E-state index contributed by atoms with van der Waals surface area (Å²) in [7, 11) is 0. The van der Waals surface area contributed by atoms with Crippen molar-refractivity contribution in [2.24, 2.45) is 5.92 Å². The molecule has 1 amide bonds. The Morgan fingerprint density at radius 1 is 1.16 bits per heavy atom. The number of hydrogen-bond acceptors (Lipinski definition) is 4. The van der Waals surface area contributed by atoms with Crippen molar-refractivity contribution in [2.75, 3.05) is 6.54 Å². The van der Waals surface area contributed by atoms with Gasteiger partial charge in [-0.2, -0.15) is 5.10 Å². The van der Waals surface area contributed by atoms with Crippen molar-refractivity contribution < 1.29 is 4.79 Å². The van der Waals surface area contributed by atoms with Gasteiger partial charge < -0.3 is 4.90 Å². The third-order valence-electron chi connectivity index (χ3n) is 5.37. The number of amides is 1. The molecule has 2 fully saturated rings. The molecule has 1 atom stereocenters. The first-order chi connectivity index (χ1) is 12.2. The maximum absolute atomic E-state index is 12.8. The van der Waals surface area contributed by atoms with Crippen LogP contribution >= 0.6 is 0 Å². The Labute approximate surface area is 146 Å². The zero-order valence-electron chi connectivity index (χ0n) is 14.3. The van der Waals surface area contributed by atoms with Gasteiger partial charge in [-0.25, -0.2) is 9.67 Å². The lowest BCUT2D eigenvalue weighted by molar-refractivity contribution is -0.136. The number of carbonyl (C=O) groups excluding carboxylic acids is 1. The summed E-state index contributed by atoms with van der Waals surface area (Å²) < 4.78 is 3.26. The first-order valence-corrected chi connectivity index (χ1v) is 9.09. The molecule has 1 saturated heterocycles. The number of rotatable bonds is 4. The lowest BCUT2D eigenvalue weighted by Gasteiger charge is -2.27. The maximum Gasteiger partial charge on any atom is 0.266 e. The zero-order valence-corrected chi connectivity index (χ0v) is 14.3. The first kappa shape index (κ1) is 16.1. The van der Waals surface area contributed by atoms with Crippen LogP contribution in [0.25, 0.3) is 5.82 Å². The Balaban J connectivity index is 1.53. The largest absolute Gasteiger partial charge is 0.338 e. The zero-order chi connectivity index (χ0) is 17.2. The van der Waals surface area contributed by atoms with E-state index in [2.05, 4.69) is 10.1 Å². The SMILES string of the molecule is O=C(C1CCCC1)N1CCCC1Cn1nc(-n2ccnc2)ccc1=O. The monoisotopic (exact) mass is 341 g/mol. The predicted octanol–water partition coefficient (Wildman–Crippen LogP) is 1.61. The molecule has 1 saturated carbocycles. The third kappa shape index (κ3) is 3.23. The summed E-state index contributed by atoms with van der Waals surface area (Å²) in [6.45, 7) is 1.26. The Bertz CT molecular complexity index is 792. The summed E-state index contributed by atoms with van der Waals surface area (Å²) in [5.41, 5.74) is -0.135. The molecule has 0 bridgehead atoms. The second kappa shape index (κ2) is 6.82. The highest BCUT2D eigenvalue weighted by atomic mass is 16.2. The van der Waals surface area contributed by atoms with Gasteiger partial charge in [0.25, 0.3) is 5.56 Å². The van der Waals surface area contributed by atoms with Crippen molar-refractivity contribution in [3.05, 3.63) is 41.2 Å². The number of likely N-dealkylation sites (tertiary alicyclic amines) is 1. The van der Waals surface area contributed by atoms with E-state index >= 15 is 0 Å². The molecule has 1 aliphatic heterocycles. The molecule has 1 aliphatic carbocycles. The minimum Gasteiger partial charge on any atom is -0.338 e. The van der Waals surface area contributed by atoms with Crippen molar-refractivity contribution in [3.63, 3.8) is 0 Å². The molecule has 0 aromatic carbocycles. The Hall–Kier alpha value is -2.44. The standard InChI is InChI=1S/C18H23N5O2/c24-17-8-7-16(21-11-9-19-13-21)20-23(17)12-15-6-3-10-22(15)18(25)14-4-1-2-5-14/h7-9,11,13-15H,1-6,10,12H2. The maximum atomic E-state index is 12.8. The van der Waals surface area contributed by atoms with Gasteiger partial charge in [-0.15, -0.1) is 0 Å². The molecule has 0 radical (unpaired) electrons. The van der Waals surface area contributed by atoms with E-state index in [0.29, 0.717) is 12.4 Å². The van der Waals surface area contributed by atoms with Gasteiger partial charge in [-0.1, -0.05) is 12.8 Å². The highest BCUT2D eigenvalue weighted by molar-refractivity contribution is 5.79. The highest BCUT2D eigenvalue weighted by Crippen LogP contribution is 2.30. The van der Waals surface area contributed by atoms with E-state index in [1.165, 1.54) is 10.7 Å². The average molecular weight is 341 g/mol. The van der Waals surface area contributed by atoms with Crippen LogP contribution in [0.1, 0.15) is 38.5 Å². The van der Waals surface area contributed by atoms with Crippen LogP contribution in [0.5, 0.6) is 0 Å². The lowest BCUT2D eigenvalue weighted by atomic mass is 10.1. The quantitative estimate of drug-likeness (QED) is 0.847. The van der Waals surface area contributed by atoms with Crippen molar-refractivity contribution in [1.82, 2.24) is 24.2 Å². The van der Waals surface area contributed by atoms with Gasteiger partial charge in [-0.05, 0) is 31.7 Å². The summed E-state index contributed by atoms with van der Waals surface area (Å²) >= 11 is 0. The summed E-state index contributed by atoms with van der Waals surface area (Å²) in [5, 5.41) is 4.46. The topological polar surface area (TPSA) is 73.0 Å². The number of nitrogens with zero attached hydrogens (tertiary/aromatic N) is 5. The van der Waals surface area contributed by atoms with Crippen molar-refractivity contribution in [3.8, 4) is 5.82 Å². The molecular weight excluding hydrogens is 318 g/mol. The number of carbonyl (C=O) groups is 1. The van der Waals surface area contributed by atoms with Gasteiger partial charge in [0.2, 0.25) is 5.91 Å². The molecule has 2 aliphatic rings. The van der Waals surface area contributed by atoms with Gasteiger partial charge in [0.1, 0.15) is 6.33 Å². The van der Waals surface area contributed by atoms with Crippen LogP contribution < -0.4 is 5.56 Å². The Kier molecular flexibility index (Phi) is 4.38. The number of hydrogen-bond donors (Lipinski definition) is 0. The molecule has 2 aromatic rings. The van der Waals surface area contributed by atoms with Crippen LogP contribution in [0.4, 0.5) is 0 Å². The van der Waals surface area contributed by atoms with Crippen LogP contribution in [0.3, 0.4) is 0 Å². The molecule has 0 spiro atoms. The normalized spacial score (nSPS) is 21.1. The summed E-state index contributed by atoms with van der Waals surface area (Å²) in [6.07, 6.45) is 11.4.